The van der Waals surface area contributed by atoms with Gasteiger partial charge < -0.3 is 10.6 Å². The number of nitrogens with two attached hydrogens (primary N) is 1. The van der Waals surface area contributed by atoms with Gasteiger partial charge in [-0.1, -0.05) is 55.5 Å². The molecule has 21 heavy (non-hydrogen) atoms. The van der Waals surface area contributed by atoms with E-state index in [1.807, 2.05) is 42.6 Å². The lowest BCUT2D eigenvalue weighted by molar-refractivity contribution is -0.659. The van der Waals surface area contributed by atoms with Crippen molar-refractivity contribution in [3.63, 3.8) is 0 Å². The van der Waals surface area contributed by atoms with Crippen molar-refractivity contribution in [2.24, 2.45) is 0 Å². The highest BCUT2D eigenvalue weighted by molar-refractivity contribution is 5.93. The maximum atomic E-state index is 12.1. The first-order valence-corrected chi connectivity index (χ1v) is 7.44. The van der Waals surface area contributed by atoms with Crippen LogP contribution in [0.2, 0.25) is 0 Å². The van der Waals surface area contributed by atoms with Gasteiger partial charge in [0.05, 0.1) is 0 Å². The number of aryl methyl sites for hydroxylation is 2. The predicted molar refractivity (Wildman–Crippen MR) is 86.1 cm³/mol. The molecule has 3 heteroatoms. The number of quaternary nitrogens is 1. The van der Waals surface area contributed by atoms with E-state index in [1.165, 1.54) is 11.1 Å². The Bertz CT molecular complexity index is 593. The van der Waals surface area contributed by atoms with Gasteiger partial charge in [0, 0.05) is 11.3 Å². The first kappa shape index (κ1) is 15.3. The van der Waals surface area contributed by atoms with Crippen molar-refractivity contribution < 1.29 is 10.1 Å². The molecule has 0 aliphatic rings. The lowest BCUT2D eigenvalue weighted by Crippen LogP contribution is -2.84. The molecule has 2 rings (SSSR count). The van der Waals surface area contributed by atoms with Crippen molar-refractivity contribution in [3.8, 4) is 0 Å². The monoisotopic (exact) mass is 283 g/mol. The lowest BCUT2D eigenvalue weighted by atomic mass is 10.1. The maximum Gasteiger partial charge on any atom is 0.279 e. The fraction of sp³-hybridized carbons (Fsp3) is 0.278. The molecule has 0 unspecified atom stereocenters. The average molecular weight is 283 g/mol. The summed E-state index contributed by atoms with van der Waals surface area (Å²) in [4.78, 5) is 12.1. The Kier molecular flexibility index (Phi) is 5.52. The molecular formula is C18H23N2O+. The van der Waals surface area contributed by atoms with E-state index in [1.54, 1.807) is 0 Å². The number of hydrogen-bond donors (Lipinski definition) is 2. The van der Waals surface area contributed by atoms with Gasteiger partial charge in [0.1, 0.15) is 6.54 Å². The minimum Gasteiger partial charge on any atom is -0.335 e. The number of anilines is 1. The number of para-hydroxylation sites is 1. The highest BCUT2D eigenvalue weighted by Gasteiger charge is 2.09. The van der Waals surface area contributed by atoms with Gasteiger partial charge in [-0.05, 0) is 24.5 Å². The Morgan fingerprint density at radius 1 is 1.10 bits per heavy atom. The third kappa shape index (κ3) is 4.43. The number of rotatable bonds is 6. The molecular weight excluding hydrogens is 260 g/mol. The van der Waals surface area contributed by atoms with Crippen molar-refractivity contribution in [2.45, 2.75) is 26.8 Å². The Balaban J connectivity index is 1.88. The quantitative estimate of drug-likeness (QED) is 0.839. The molecule has 2 aromatic carbocycles. The first-order chi connectivity index (χ1) is 10.2. The van der Waals surface area contributed by atoms with E-state index in [2.05, 4.69) is 30.4 Å². The number of nitrogens with one attached hydrogen (secondary N) is 1. The molecule has 0 fully saturated rings. The van der Waals surface area contributed by atoms with Gasteiger partial charge in [0.15, 0.2) is 6.54 Å². The highest BCUT2D eigenvalue weighted by Crippen LogP contribution is 2.20. The van der Waals surface area contributed by atoms with Crippen LogP contribution in [0, 0.1) is 6.92 Å². The average Bonchev–Trinajstić information content (AvgIpc) is 2.50. The second-order valence-corrected chi connectivity index (χ2v) is 5.19. The minimum absolute atomic E-state index is 0.0509. The van der Waals surface area contributed by atoms with E-state index in [-0.39, 0.29) is 5.91 Å². The zero-order valence-corrected chi connectivity index (χ0v) is 12.7. The smallest absolute Gasteiger partial charge is 0.279 e. The molecule has 0 aliphatic heterocycles. The summed E-state index contributed by atoms with van der Waals surface area (Å²) < 4.78 is 0. The molecule has 0 heterocycles. The van der Waals surface area contributed by atoms with Crippen LogP contribution in [-0.4, -0.2) is 12.5 Å². The Morgan fingerprint density at radius 2 is 1.86 bits per heavy atom. The fourth-order valence-electron chi connectivity index (χ4n) is 2.38. The van der Waals surface area contributed by atoms with E-state index in [0.717, 1.165) is 24.2 Å². The second kappa shape index (κ2) is 7.60. The normalized spacial score (nSPS) is 10.4. The summed E-state index contributed by atoms with van der Waals surface area (Å²) in [6.07, 6.45) is 0.922. The summed E-state index contributed by atoms with van der Waals surface area (Å²) in [5.74, 6) is 0.0509. The predicted octanol–water partition coefficient (Wildman–Crippen LogP) is 2.26. The van der Waals surface area contributed by atoms with Gasteiger partial charge in [-0.3, -0.25) is 4.79 Å². The molecule has 0 aromatic heterocycles. The van der Waals surface area contributed by atoms with Crippen LogP contribution in [-0.2, 0) is 17.8 Å². The minimum atomic E-state index is 0.0509. The SMILES string of the molecule is CCc1cccc(C)c1NC(=O)C[NH2+]Cc1ccccc1. The van der Waals surface area contributed by atoms with Crippen LogP contribution in [0.1, 0.15) is 23.6 Å². The molecule has 1 amide bonds. The first-order valence-electron chi connectivity index (χ1n) is 7.44. The molecule has 0 atom stereocenters. The highest BCUT2D eigenvalue weighted by atomic mass is 16.1. The van der Waals surface area contributed by atoms with Crippen LogP contribution < -0.4 is 10.6 Å². The lowest BCUT2D eigenvalue weighted by Gasteiger charge is -2.12. The van der Waals surface area contributed by atoms with Gasteiger partial charge in [-0.15, -0.1) is 0 Å². The van der Waals surface area contributed by atoms with E-state index < -0.39 is 0 Å². The summed E-state index contributed by atoms with van der Waals surface area (Å²) >= 11 is 0. The number of hydrogen-bond acceptors (Lipinski definition) is 1. The largest absolute Gasteiger partial charge is 0.335 e. The van der Waals surface area contributed by atoms with E-state index in [9.17, 15) is 4.79 Å². The van der Waals surface area contributed by atoms with Crippen LogP contribution in [0.4, 0.5) is 5.69 Å². The van der Waals surface area contributed by atoms with E-state index in [0.29, 0.717) is 6.54 Å². The summed E-state index contributed by atoms with van der Waals surface area (Å²) in [5.41, 5.74) is 4.51. The second-order valence-electron chi connectivity index (χ2n) is 5.19. The molecule has 0 radical (unpaired) electrons. The van der Waals surface area contributed by atoms with Gasteiger partial charge in [-0.2, -0.15) is 0 Å². The Labute approximate surface area is 126 Å². The number of amides is 1. The zero-order valence-electron chi connectivity index (χ0n) is 12.7. The molecule has 110 valence electrons. The van der Waals surface area contributed by atoms with Gasteiger partial charge >= 0.3 is 0 Å². The molecule has 3 N–H and O–H groups in total. The molecule has 2 aromatic rings. The topological polar surface area (TPSA) is 45.7 Å². The van der Waals surface area contributed by atoms with E-state index in [4.69, 9.17) is 0 Å². The van der Waals surface area contributed by atoms with Crippen molar-refractivity contribution in [2.75, 3.05) is 11.9 Å². The van der Waals surface area contributed by atoms with Gasteiger partial charge in [0.2, 0.25) is 0 Å². The zero-order chi connectivity index (χ0) is 15.1. The van der Waals surface area contributed by atoms with Crippen molar-refractivity contribution in [3.05, 3.63) is 65.2 Å². The molecule has 0 bridgehead atoms. The summed E-state index contributed by atoms with van der Waals surface area (Å²) in [7, 11) is 0. The van der Waals surface area contributed by atoms with Crippen LogP contribution in [0.3, 0.4) is 0 Å². The summed E-state index contributed by atoms with van der Waals surface area (Å²) in [5, 5.41) is 5.07. The third-order valence-electron chi connectivity index (χ3n) is 3.56. The maximum absolute atomic E-state index is 12.1. The number of benzene rings is 2. The molecule has 3 nitrogen and oxygen atoms in total. The van der Waals surface area contributed by atoms with Crippen molar-refractivity contribution >= 4 is 11.6 Å². The molecule has 0 spiro atoms. The van der Waals surface area contributed by atoms with Crippen LogP contribution in [0.5, 0.6) is 0 Å². The van der Waals surface area contributed by atoms with Crippen LogP contribution in [0.15, 0.2) is 48.5 Å². The number of carbonyl (C=O) groups excluding carboxylic acids is 1. The van der Waals surface area contributed by atoms with Crippen LogP contribution >= 0.6 is 0 Å². The fourth-order valence-corrected chi connectivity index (χ4v) is 2.38. The summed E-state index contributed by atoms with van der Waals surface area (Å²) in [6, 6.07) is 16.3. The van der Waals surface area contributed by atoms with Gasteiger partial charge in [0.25, 0.3) is 5.91 Å². The Morgan fingerprint density at radius 3 is 2.57 bits per heavy atom. The van der Waals surface area contributed by atoms with Gasteiger partial charge in [-0.25, -0.2) is 0 Å². The van der Waals surface area contributed by atoms with E-state index >= 15 is 0 Å². The Hall–Kier alpha value is -2.13. The van der Waals surface area contributed by atoms with Crippen molar-refractivity contribution in [1.82, 2.24) is 0 Å². The van der Waals surface area contributed by atoms with Crippen molar-refractivity contribution in [1.29, 1.82) is 0 Å². The number of carbonyl (C=O) groups is 1. The molecule has 0 saturated carbocycles. The standard InChI is InChI=1S/C18H22N2O/c1-3-16-11-7-8-14(2)18(16)20-17(21)13-19-12-15-9-5-4-6-10-15/h4-11,19H,3,12-13H2,1-2H3,(H,20,21)/p+1. The molecule has 0 saturated heterocycles. The third-order valence-corrected chi connectivity index (χ3v) is 3.56. The van der Waals surface area contributed by atoms with Crippen LogP contribution in [0.25, 0.3) is 0 Å². The summed E-state index contributed by atoms with van der Waals surface area (Å²) in [6.45, 7) is 5.39. The molecule has 0 aliphatic carbocycles.